The van der Waals surface area contributed by atoms with Crippen LogP contribution in [0.25, 0.3) is 0 Å². The van der Waals surface area contributed by atoms with Crippen molar-refractivity contribution in [3.05, 3.63) is 50.4 Å². The van der Waals surface area contributed by atoms with Crippen molar-refractivity contribution < 1.29 is 4.79 Å². The fourth-order valence-electron chi connectivity index (χ4n) is 1.53. The maximum atomic E-state index is 11.0. The average Bonchev–Trinajstić information content (AvgIpc) is 2.68. The van der Waals surface area contributed by atoms with Crippen LogP contribution in [0, 0.1) is 0 Å². The molecule has 0 N–H and O–H groups in total. The van der Waals surface area contributed by atoms with Crippen molar-refractivity contribution in [3.63, 3.8) is 0 Å². The summed E-state index contributed by atoms with van der Waals surface area (Å²) in [6, 6.07) is 8.21. The molecular weight excluding hydrogens is 298 g/mol. The molecule has 2 nitrogen and oxygen atoms in total. The van der Waals surface area contributed by atoms with Crippen LogP contribution in [-0.4, -0.2) is 10.8 Å². The molecule has 0 aliphatic rings. The molecule has 2 rings (SSSR count). The van der Waals surface area contributed by atoms with Gasteiger partial charge < -0.3 is 0 Å². The summed E-state index contributed by atoms with van der Waals surface area (Å²) in [5.74, 6) is 0.184. The SMILES string of the molecule is CC(=O)Cc1cnc(Cc2ccc(Br)cc2)s1. The van der Waals surface area contributed by atoms with Gasteiger partial charge in [-0.15, -0.1) is 11.3 Å². The molecule has 0 unspecified atom stereocenters. The molecule has 4 heteroatoms. The lowest BCUT2D eigenvalue weighted by molar-refractivity contribution is -0.116. The standard InChI is InChI=1S/C13H12BrNOS/c1-9(16)6-12-8-15-13(17-12)7-10-2-4-11(14)5-3-10/h2-5,8H,6-7H2,1H3. The number of benzene rings is 1. The minimum atomic E-state index is 0.184. The second kappa shape index (κ2) is 5.56. The van der Waals surface area contributed by atoms with Crippen molar-refractivity contribution >= 4 is 33.0 Å². The highest BCUT2D eigenvalue weighted by Gasteiger charge is 2.05. The topological polar surface area (TPSA) is 30.0 Å². The summed E-state index contributed by atoms with van der Waals surface area (Å²) in [7, 11) is 0. The third-order valence-corrected chi connectivity index (χ3v) is 3.82. The Morgan fingerprint density at radius 3 is 2.71 bits per heavy atom. The molecule has 17 heavy (non-hydrogen) atoms. The molecule has 0 amide bonds. The number of hydrogen-bond donors (Lipinski definition) is 0. The lowest BCUT2D eigenvalue weighted by Gasteiger charge is -1.97. The van der Waals surface area contributed by atoms with Crippen molar-refractivity contribution in [1.82, 2.24) is 4.98 Å². The summed E-state index contributed by atoms with van der Waals surface area (Å²) in [4.78, 5) is 16.4. The predicted octanol–water partition coefficient (Wildman–Crippen LogP) is 3.63. The van der Waals surface area contributed by atoms with Crippen LogP contribution in [0.15, 0.2) is 34.9 Å². The van der Waals surface area contributed by atoms with Gasteiger partial charge in [-0.05, 0) is 24.6 Å². The summed E-state index contributed by atoms with van der Waals surface area (Å²) in [5.41, 5.74) is 1.23. The molecule has 0 saturated heterocycles. The summed E-state index contributed by atoms with van der Waals surface area (Å²) >= 11 is 5.03. The molecule has 0 fully saturated rings. The third-order valence-electron chi connectivity index (χ3n) is 2.29. The van der Waals surface area contributed by atoms with Crippen molar-refractivity contribution in [2.75, 3.05) is 0 Å². The van der Waals surface area contributed by atoms with E-state index in [9.17, 15) is 4.79 Å². The molecule has 1 aromatic heterocycles. The van der Waals surface area contributed by atoms with Gasteiger partial charge in [0.05, 0.1) is 5.01 Å². The van der Waals surface area contributed by atoms with Gasteiger partial charge >= 0.3 is 0 Å². The van der Waals surface area contributed by atoms with E-state index >= 15 is 0 Å². The molecule has 1 aromatic carbocycles. The summed E-state index contributed by atoms with van der Waals surface area (Å²) < 4.78 is 1.08. The van der Waals surface area contributed by atoms with Gasteiger partial charge in [0.1, 0.15) is 5.78 Å². The first-order chi connectivity index (χ1) is 8.13. The van der Waals surface area contributed by atoms with Crippen molar-refractivity contribution in [1.29, 1.82) is 0 Å². The number of carbonyl (C=O) groups excluding carboxylic acids is 1. The number of Topliss-reactive ketones (excluding diaryl/α,β-unsaturated/α-hetero) is 1. The molecule has 88 valence electrons. The Hall–Kier alpha value is -1.000. The monoisotopic (exact) mass is 309 g/mol. The molecule has 0 atom stereocenters. The summed E-state index contributed by atoms with van der Waals surface area (Å²) in [5, 5.41) is 1.06. The van der Waals surface area contributed by atoms with Crippen molar-refractivity contribution in [2.45, 2.75) is 19.8 Å². The zero-order valence-corrected chi connectivity index (χ0v) is 11.8. The van der Waals surface area contributed by atoms with Gasteiger partial charge in [0.2, 0.25) is 0 Å². The van der Waals surface area contributed by atoms with Crippen molar-refractivity contribution in [3.8, 4) is 0 Å². The van der Waals surface area contributed by atoms with Crippen LogP contribution in [0.4, 0.5) is 0 Å². The number of hydrogen-bond acceptors (Lipinski definition) is 3. The first-order valence-corrected chi connectivity index (χ1v) is 6.92. The van der Waals surface area contributed by atoms with Crippen LogP contribution in [0.3, 0.4) is 0 Å². The second-order valence-corrected chi connectivity index (χ2v) is 6.02. The van der Waals surface area contributed by atoms with Gasteiger partial charge in [-0.25, -0.2) is 4.98 Å². The maximum absolute atomic E-state index is 11.0. The maximum Gasteiger partial charge on any atom is 0.135 e. The Kier molecular flexibility index (Phi) is 4.07. The van der Waals surface area contributed by atoms with E-state index in [-0.39, 0.29) is 5.78 Å². The Morgan fingerprint density at radius 2 is 2.06 bits per heavy atom. The highest BCUT2D eigenvalue weighted by Crippen LogP contribution is 2.19. The molecule has 0 saturated carbocycles. The minimum Gasteiger partial charge on any atom is -0.300 e. The molecule has 0 radical (unpaired) electrons. The largest absolute Gasteiger partial charge is 0.300 e. The quantitative estimate of drug-likeness (QED) is 0.863. The number of halogens is 1. The first-order valence-electron chi connectivity index (χ1n) is 5.31. The number of rotatable bonds is 4. The number of aromatic nitrogens is 1. The van der Waals surface area contributed by atoms with Crippen LogP contribution in [-0.2, 0) is 17.6 Å². The Morgan fingerprint density at radius 1 is 1.35 bits per heavy atom. The van der Waals surface area contributed by atoms with E-state index in [1.54, 1.807) is 24.5 Å². The van der Waals surface area contributed by atoms with Gasteiger partial charge in [0, 0.05) is 28.4 Å². The van der Waals surface area contributed by atoms with E-state index in [4.69, 9.17) is 0 Å². The Labute approximate surface area is 113 Å². The summed E-state index contributed by atoms with van der Waals surface area (Å²) in [6.45, 7) is 1.61. The normalized spacial score (nSPS) is 10.5. The molecule has 0 aliphatic carbocycles. The molecule has 0 spiro atoms. The molecule has 1 heterocycles. The molecular formula is C13H12BrNOS. The smallest absolute Gasteiger partial charge is 0.135 e. The zero-order valence-electron chi connectivity index (χ0n) is 9.44. The van der Waals surface area contributed by atoms with Crippen LogP contribution in [0.5, 0.6) is 0 Å². The van der Waals surface area contributed by atoms with Gasteiger partial charge in [-0.1, -0.05) is 28.1 Å². The van der Waals surface area contributed by atoms with Gasteiger partial charge in [-0.3, -0.25) is 4.79 Å². The fourth-order valence-corrected chi connectivity index (χ4v) is 2.83. The second-order valence-electron chi connectivity index (χ2n) is 3.90. The van der Waals surface area contributed by atoms with E-state index in [0.717, 1.165) is 20.8 Å². The minimum absolute atomic E-state index is 0.184. The Bertz CT molecular complexity index is 518. The average molecular weight is 310 g/mol. The van der Waals surface area contributed by atoms with Gasteiger partial charge in [-0.2, -0.15) is 0 Å². The Balaban J connectivity index is 2.06. The lowest BCUT2D eigenvalue weighted by atomic mass is 10.2. The number of thiazole rings is 1. The third kappa shape index (κ3) is 3.75. The van der Waals surface area contributed by atoms with Gasteiger partial charge in [0.15, 0.2) is 0 Å². The van der Waals surface area contributed by atoms with Crippen LogP contribution >= 0.6 is 27.3 Å². The predicted molar refractivity (Wildman–Crippen MR) is 73.4 cm³/mol. The van der Waals surface area contributed by atoms with Crippen LogP contribution in [0.2, 0.25) is 0 Å². The molecule has 2 aromatic rings. The number of nitrogens with zero attached hydrogens (tertiary/aromatic N) is 1. The highest BCUT2D eigenvalue weighted by molar-refractivity contribution is 9.10. The zero-order chi connectivity index (χ0) is 12.3. The van der Waals surface area contributed by atoms with Crippen LogP contribution in [0.1, 0.15) is 22.4 Å². The van der Waals surface area contributed by atoms with E-state index in [1.807, 2.05) is 12.1 Å². The van der Waals surface area contributed by atoms with E-state index in [1.165, 1.54) is 5.56 Å². The van der Waals surface area contributed by atoms with E-state index < -0.39 is 0 Å². The molecule has 0 aliphatic heterocycles. The molecule has 0 bridgehead atoms. The number of ketones is 1. The van der Waals surface area contributed by atoms with Crippen molar-refractivity contribution in [2.24, 2.45) is 0 Å². The summed E-state index contributed by atoms with van der Waals surface area (Å²) in [6.07, 6.45) is 3.13. The van der Waals surface area contributed by atoms with Gasteiger partial charge in [0.25, 0.3) is 0 Å². The van der Waals surface area contributed by atoms with Crippen LogP contribution < -0.4 is 0 Å². The lowest BCUT2D eigenvalue weighted by Crippen LogP contribution is -1.92. The highest BCUT2D eigenvalue weighted by atomic mass is 79.9. The van der Waals surface area contributed by atoms with E-state index in [0.29, 0.717) is 6.42 Å². The fraction of sp³-hybridized carbons (Fsp3) is 0.231. The van der Waals surface area contributed by atoms with E-state index in [2.05, 4.69) is 33.0 Å². The first kappa shape index (κ1) is 12.5. The number of carbonyl (C=O) groups is 1.